The lowest BCUT2D eigenvalue weighted by molar-refractivity contribution is 0.0550. The van der Waals surface area contributed by atoms with Crippen molar-refractivity contribution < 1.29 is 9.84 Å². The van der Waals surface area contributed by atoms with Gasteiger partial charge in [-0.2, -0.15) is 0 Å². The maximum atomic E-state index is 10.7. The Bertz CT molecular complexity index is 454. The molecule has 2 aliphatic rings. The van der Waals surface area contributed by atoms with Crippen LogP contribution in [0.25, 0.3) is 0 Å². The molecule has 3 rings (SSSR count). The number of rotatable bonds is 2. The number of para-hydroxylation sites is 1. The van der Waals surface area contributed by atoms with Crippen LogP contribution in [0, 0.1) is 11.3 Å². The standard InChI is InChI=1S/C17H24O2/c1-17(2)9-6-12(7-10-17)15(18)14-5-3-4-13-8-11-19-16(13)14/h3-5,12,15,18H,6-11H2,1-2H3. The smallest absolute Gasteiger partial charge is 0.128 e. The maximum Gasteiger partial charge on any atom is 0.128 e. The molecule has 1 fully saturated rings. The molecule has 2 heteroatoms. The number of hydrogen-bond acceptors (Lipinski definition) is 2. The van der Waals surface area contributed by atoms with E-state index in [1.165, 1.54) is 18.4 Å². The van der Waals surface area contributed by atoms with E-state index in [2.05, 4.69) is 26.0 Å². The Labute approximate surface area is 115 Å². The van der Waals surface area contributed by atoms with Crippen molar-refractivity contribution in [2.45, 2.75) is 52.1 Å². The number of aliphatic hydroxyl groups excluding tert-OH is 1. The molecule has 0 amide bonds. The van der Waals surface area contributed by atoms with Crippen LogP contribution in [0.5, 0.6) is 5.75 Å². The van der Waals surface area contributed by atoms with Crippen LogP contribution in [-0.4, -0.2) is 11.7 Å². The first-order valence-corrected chi connectivity index (χ1v) is 7.49. The molecule has 0 bridgehead atoms. The highest BCUT2D eigenvalue weighted by Gasteiger charge is 2.33. The van der Waals surface area contributed by atoms with Gasteiger partial charge in [0.25, 0.3) is 0 Å². The van der Waals surface area contributed by atoms with Crippen molar-refractivity contribution >= 4 is 0 Å². The van der Waals surface area contributed by atoms with E-state index >= 15 is 0 Å². The third-order valence-electron chi connectivity index (χ3n) is 4.89. The molecular formula is C17H24O2. The van der Waals surface area contributed by atoms with Crippen molar-refractivity contribution in [3.8, 4) is 5.75 Å². The average molecular weight is 260 g/mol. The van der Waals surface area contributed by atoms with E-state index in [9.17, 15) is 5.11 Å². The predicted molar refractivity (Wildman–Crippen MR) is 76.3 cm³/mol. The lowest BCUT2D eigenvalue weighted by Gasteiger charge is -2.36. The van der Waals surface area contributed by atoms with Crippen LogP contribution < -0.4 is 4.74 Å². The first-order valence-electron chi connectivity index (χ1n) is 7.49. The molecule has 1 aromatic rings. The zero-order chi connectivity index (χ0) is 13.5. The van der Waals surface area contributed by atoms with Gasteiger partial charge in [0.15, 0.2) is 0 Å². The Morgan fingerprint density at radius 3 is 2.74 bits per heavy atom. The molecule has 0 saturated heterocycles. The Hall–Kier alpha value is -1.02. The summed E-state index contributed by atoms with van der Waals surface area (Å²) in [4.78, 5) is 0. The van der Waals surface area contributed by atoms with Gasteiger partial charge in [0.05, 0.1) is 12.7 Å². The van der Waals surface area contributed by atoms with Crippen LogP contribution in [0.3, 0.4) is 0 Å². The molecule has 1 aliphatic heterocycles. The molecular weight excluding hydrogens is 236 g/mol. The van der Waals surface area contributed by atoms with Crippen LogP contribution in [0.1, 0.15) is 56.8 Å². The Kier molecular flexibility index (Phi) is 3.30. The molecule has 0 aromatic heterocycles. The van der Waals surface area contributed by atoms with Crippen molar-refractivity contribution in [3.05, 3.63) is 29.3 Å². The zero-order valence-corrected chi connectivity index (χ0v) is 12.0. The summed E-state index contributed by atoms with van der Waals surface area (Å²) in [7, 11) is 0. The zero-order valence-electron chi connectivity index (χ0n) is 12.0. The Morgan fingerprint density at radius 2 is 2.00 bits per heavy atom. The van der Waals surface area contributed by atoms with Gasteiger partial charge in [-0.1, -0.05) is 32.0 Å². The molecule has 1 N–H and O–H groups in total. The molecule has 1 heterocycles. The summed E-state index contributed by atoms with van der Waals surface area (Å²) in [6.07, 6.45) is 5.29. The molecule has 19 heavy (non-hydrogen) atoms. The van der Waals surface area contributed by atoms with Gasteiger partial charge in [-0.3, -0.25) is 0 Å². The first kappa shape index (κ1) is 13.0. The third kappa shape index (κ3) is 2.51. The number of aliphatic hydroxyl groups is 1. The van der Waals surface area contributed by atoms with Gasteiger partial charge >= 0.3 is 0 Å². The second kappa shape index (κ2) is 4.82. The molecule has 1 aliphatic carbocycles. The summed E-state index contributed by atoms with van der Waals surface area (Å²) < 4.78 is 5.72. The molecule has 0 radical (unpaired) electrons. The topological polar surface area (TPSA) is 29.5 Å². The minimum Gasteiger partial charge on any atom is -0.493 e. The van der Waals surface area contributed by atoms with Crippen LogP contribution >= 0.6 is 0 Å². The van der Waals surface area contributed by atoms with Crippen LogP contribution in [0.2, 0.25) is 0 Å². The van der Waals surface area contributed by atoms with E-state index in [0.717, 1.165) is 37.2 Å². The Balaban J connectivity index is 1.78. The Morgan fingerprint density at radius 1 is 1.26 bits per heavy atom. The highest BCUT2D eigenvalue weighted by atomic mass is 16.5. The fourth-order valence-electron chi connectivity index (χ4n) is 3.46. The van der Waals surface area contributed by atoms with Gasteiger partial charge in [-0.25, -0.2) is 0 Å². The average Bonchev–Trinajstić information content (AvgIpc) is 2.86. The quantitative estimate of drug-likeness (QED) is 0.874. The lowest BCUT2D eigenvalue weighted by Crippen LogP contribution is -2.25. The normalized spacial score (nSPS) is 23.7. The van der Waals surface area contributed by atoms with Crippen LogP contribution in [0.4, 0.5) is 0 Å². The fourth-order valence-corrected chi connectivity index (χ4v) is 3.46. The van der Waals surface area contributed by atoms with E-state index in [-0.39, 0.29) is 6.10 Å². The fraction of sp³-hybridized carbons (Fsp3) is 0.647. The maximum absolute atomic E-state index is 10.7. The third-order valence-corrected chi connectivity index (χ3v) is 4.89. The van der Waals surface area contributed by atoms with E-state index in [1.807, 2.05) is 6.07 Å². The molecule has 2 nitrogen and oxygen atoms in total. The minimum absolute atomic E-state index is 0.357. The van der Waals surface area contributed by atoms with Crippen molar-refractivity contribution in [2.75, 3.05) is 6.61 Å². The van der Waals surface area contributed by atoms with Crippen molar-refractivity contribution in [3.63, 3.8) is 0 Å². The van der Waals surface area contributed by atoms with Gasteiger partial charge in [-0.05, 0) is 42.6 Å². The monoisotopic (exact) mass is 260 g/mol. The molecule has 1 saturated carbocycles. The summed E-state index contributed by atoms with van der Waals surface area (Å²) in [5.74, 6) is 1.35. The van der Waals surface area contributed by atoms with Crippen LogP contribution in [0.15, 0.2) is 18.2 Å². The highest BCUT2D eigenvalue weighted by Crippen LogP contribution is 2.45. The van der Waals surface area contributed by atoms with Gasteiger partial charge < -0.3 is 9.84 Å². The number of benzene rings is 1. The number of hydrogen-bond donors (Lipinski definition) is 1. The summed E-state index contributed by atoms with van der Waals surface area (Å²) in [6, 6.07) is 6.20. The van der Waals surface area contributed by atoms with Gasteiger partial charge in [0.1, 0.15) is 5.75 Å². The van der Waals surface area contributed by atoms with Gasteiger partial charge in [-0.15, -0.1) is 0 Å². The lowest BCUT2D eigenvalue weighted by atomic mass is 9.71. The van der Waals surface area contributed by atoms with E-state index in [4.69, 9.17) is 4.74 Å². The van der Waals surface area contributed by atoms with Crippen molar-refractivity contribution in [1.29, 1.82) is 0 Å². The number of ether oxygens (including phenoxy) is 1. The summed E-state index contributed by atoms with van der Waals surface area (Å²) in [5, 5.41) is 10.7. The molecule has 0 spiro atoms. The summed E-state index contributed by atoms with van der Waals surface area (Å²) in [5.41, 5.74) is 2.72. The van der Waals surface area contributed by atoms with Gasteiger partial charge in [0.2, 0.25) is 0 Å². The largest absolute Gasteiger partial charge is 0.493 e. The molecule has 1 unspecified atom stereocenters. The summed E-state index contributed by atoms with van der Waals surface area (Å²) >= 11 is 0. The number of fused-ring (bicyclic) bond motifs is 1. The minimum atomic E-state index is -0.357. The predicted octanol–water partition coefficient (Wildman–Crippen LogP) is 3.87. The molecule has 104 valence electrons. The van der Waals surface area contributed by atoms with Crippen molar-refractivity contribution in [1.82, 2.24) is 0 Å². The molecule has 1 aromatic carbocycles. The van der Waals surface area contributed by atoms with Crippen LogP contribution in [-0.2, 0) is 6.42 Å². The highest BCUT2D eigenvalue weighted by molar-refractivity contribution is 5.45. The van der Waals surface area contributed by atoms with Crippen molar-refractivity contribution in [2.24, 2.45) is 11.3 Å². The van der Waals surface area contributed by atoms with E-state index in [1.54, 1.807) is 0 Å². The van der Waals surface area contributed by atoms with Gasteiger partial charge in [0, 0.05) is 12.0 Å². The van der Waals surface area contributed by atoms with E-state index < -0.39 is 0 Å². The first-order chi connectivity index (χ1) is 9.07. The second-order valence-corrected chi connectivity index (χ2v) is 6.88. The second-order valence-electron chi connectivity index (χ2n) is 6.88. The SMILES string of the molecule is CC1(C)CCC(C(O)c2cccc3c2OCC3)CC1. The molecule has 1 atom stereocenters. The summed E-state index contributed by atoms with van der Waals surface area (Å²) in [6.45, 7) is 5.43. The van der Waals surface area contributed by atoms with E-state index in [0.29, 0.717) is 11.3 Å².